The molecule has 0 aromatic heterocycles. The Kier molecular flexibility index (Phi) is 6.33. The minimum atomic E-state index is -4.65. The lowest BCUT2D eigenvalue weighted by Crippen LogP contribution is -2.18. The van der Waals surface area contributed by atoms with E-state index < -0.39 is 23.2 Å². The van der Waals surface area contributed by atoms with Gasteiger partial charge in [-0.05, 0) is 54.6 Å². The number of nitrogens with one attached hydrogen (secondary N) is 1. The molecule has 1 N–H and O–H groups in total. The molecule has 1 amide bonds. The van der Waals surface area contributed by atoms with Crippen LogP contribution < -0.4 is 10.1 Å². The number of rotatable bonds is 5. The topological polar surface area (TPSA) is 62.1 Å². The van der Waals surface area contributed by atoms with Gasteiger partial charge in [0.2, 0.25) is 0 Å². The largest absolute Gasteiger partial charge is 0.497 e. The van der Waals surface area contributed by atoms with E-state index >= 15 is 0 Å². The van der Waals surface area contributed by atoms with Crippen molar-refractivity contribution in [2.45, 2.75) is 16.0 Å². The SMILES string of the molecule is COc1ccc(Sc2ccc(NC(=O)c3ccccc3C(F)(F)F)cc2C#N)cc1. The summed E-state index contributed by atoms with van der Waals surface area (Å²) < 4.78 is 44.5. The molecule has 3 aromatic carbocycles. The van der Waals surface area contributed by atoms with Crippen LogP contribution in [0, 0.1) is 11.3 Å². The highest BCUT2D eigenvalue weighted by molar-refractivity contribution is 7.99. The number of methoxy groups -OCH3 is 1. The molecule has 152 valence electrons. The second-order valence-corrected chi connectivity index (χ2v) is 7.21. The quantitative estimate of drug-likeness (QED) is 0.542. The molecule has 0 atom stereocenters. The van der Waals surface area contributed by atoms with E-state index in [0.717, 1.165) is 17.0 Å². The van der Waals surface area contributed by atoms with E-state index in [4.69, 9.17) is 4.74 Å². The van der Waals surface area contributed by atoms with Gasteiger partial charge < -0.3 is 10.1 Å². The van der Waals surface area contributed by atoms with Crippen LogP contribution in [0.4, 0.5) is 18.9 Å². The highest BCUT2D eigenvalue weighted by atomic mass is 32.2. The smallest absolute Gasteiger partial charge is 0.417 e. The zero-order chi connectivity index (χ0) is 21.7. The molecule has 0 saturated heterocycles. The number of hydrogen-bond acceptors (Lipinski definition) is 4. The molecule has 3 rings (SSSR count). The van der Waals surface area contributed by atoms with Gasteiger partial charge in [-0.15, -0.1) is 0 Å². The van der Waals surface area contributed by atoms with Crippen molar-refractivity contribution in [2.24, 2.45) is 0 Å². The number of ether oxygens (including phenoxy) is 1. The van der Waals surface area contributed by atoms with Gasteiger partial charge in [0.1, 0.15) is 11.8 Å². The average Bonchev–Trinajstić information content (AvgIpc) is 2.74. The van der Waals surface area contributed by atoms with Crippen LogP contribution in [0.2, 0.25) is 0 Å². The summed E-state index contributed by atoms with van der Waals surface area (Å²) in [6, 6.07) is 18.5. The molecule has 0 heterocycles. The summed E-state index contributed by atoms with van der Waals surface area (Å²) >= 11 is 1.35. The van der Waals surface area contributed by atoms with Crippen molar-refractivity contribution in [2.75, 3.05) is 12.4 Å². The third kappa shape index (κ3) is 4.93. The Morgan fingerprint density at radius 3 is 2.40 bits per heavy atom. The van der Waals surface area contributed by atoms with Crippen molar-refractivity contribution in [3.63, 3.8) is 0 Å². The minimum absolute atomic E-state index is 0.229. The molecule has 0 spiro atoms. The van der Waals surface area contributed by atoms with E-state index in [0.29, 0.717) is 10.6 Å². The maximum atomic E-state index is 13.1. The van der Waals surface area contributed by atoms with E-state index in [1.807, 2.05) is 12.1 Å². The van der Waals surface area contributed by atoms with Crippen LogP contribution in [0.15, 0.2) is 76.5 Å². The predicted octanol–water partition coefficient (Wildman–Crippen LogP) is 5.99. The standard InChI is InChI=1S/C22H15F3N2O2S/c1-29-16-7-9-17(10-8-16)30-20-11-6-15(12-14(20)13-26)27-21(28)18-4-2-3-5-19(18)22(23,24)25/h2-12H,1H3,(H,27,28). The molecule has 0 fully saturated rings. The molecule has 0 radical (unpaired) electrons. The number of halogens is 3. The highest BCUT2D eigenvalue weighted by Crippen LogP contribution is 2.34. The number of alkyl halides is 3. The summed E-state index contributed by atoms with van der Waals surface area (Å²) in [6.07, 6.45) is -4.65. The van der Waals surface area contributed by atoms with Crippen molar-refractivity contribution < 1.29 is 22.7 Å². The van der Waals surface area contributed by atoms with E-state index in [9.17, 15) is 23.2 Å². The minimum Gasteiger partial charge on any atom is -0.497 e. The van der Waals surface area contributed by atoms with Crippen LogP contribution in [0.5, 0.6) is 5.75 Å². The normalized spacial score (nSPS) is 10.9. The molecule has 8 heteroatoms. The Morgan fingerprint density at radius 1 is 1.07 bits per heavy atom. The Morgan fingerprint density at radius 2 is 1.77 bits per heavy atom. The van der Waals surface area contributed by atoms with Crippen molar-refractivity contribution >= 4 is 23.4 Å². The molecule has 30 heavy (non-hydrogen) atoms. The predicted molar refractivity (Wildman–Crippen MR) is 108 cm³/mol. The van der Waals surface area contributed by atoms with Gasteiger partial charge in [0.05, 0.1) is 23.8 Å². The summed E-state index contributed by atoms with van der Waals surface area (Å²) in [4.78, 5) is 13.9. The van der Waals surface area contributed by atoms with Crippen LogP contribution in [0.25, 0.3) is 0 Å². The fourth-order valence-electron chi connectivity index (χ4n) is 2.68. The van der Waals surface area contributed by atoms with Gasteiger partial charge in [0.25, 0.3) is 5.91 Å². The van der Waals surface area contributed by atoms with Crippen LogP contribution in [0.1, 0.15) is 21.5 Å². The number of hydrogen-bond donors (Lipinski definition) is 1. The highest BCUT2D eigenvalue weighted by Gasteiger charge is 2.34. The number of carbonyl (C=O) groups is 1. The van der Waals surface area contributed by atoms with Gasteiger partial charge in [0.15, 0.2) is 0 Å². The molecule has 0 unspecified atom stereocenters. The number of amides is 1. The summed E-state index contributed by atoms with van der Waals surface area (Å²) in [6.45, 7) is 0. The summed E-state index contributed by atoms with van der Waals surface area (Å²) in [5.41, 5.74) is -0.986. The van der Waals surface area contributed by atoms with Crippen molar-refractivity contribution in [3.8, 4) is 11.8 Å². The Labute approximate surface area is 175 Å². The lowest BCUT2D eigenvalue weighted by molar-refractivity contribution is -0.137. The first-order valence-electron chi connectivity index (χ1n) is 8.65. The second-order valence-electron chi connectivity index (χ2n) is 6.10. The van der Waals surface area contributed by atoms with Gasteiger partial charge >= 0.3 is 6.18 Å². The van der Waals surface area contributed by atoms with Crippen LogP contribution in [0.3, 0.4) is 0 Å². The zero-order valence-electron chi connectivity index (χ0n) is 15.7. The van der Waals surface area contributed by atoms with Crippen molar-refractivity contribution in [1.82, 2.24) is 0 Å². The molecular weight excluding hydrogens is 413 g/mol. The van der Waals surface area contributed by atoms with Gasteiger partial charge in [-0.2, -0.15) is 18.4 Å². The maximum absolute atomic E-state index is 13.1. The third-order valence-electron chi connectivity index (χ3n) is 4.12. The number of carbonyl (C=O) groups excluding carboxylic acids is 1. The first-order chi connectivity index (χ1) is 14.3. The number of benzene rings is 3. The van der Waals surface area contributed by atoms with Crippen LogP contribution in [-0.4, -0.2) is 13.0 Å². The molecule has 0 saturated carbocycles. The molecule has 0 aliphatic heterocycles. The fraction of sp³-hybridized carbons (Fsp3) is 0.0909. The summed E-state index contributed by atoms with van der Waals surface area (Å²) in [5, 5.41) is 11.9. The Bertz CT molecular complexity index is 1110. The first-order valence-corrected chi connectivity index (χ1v) is 9.47. The fourth-order valence-corrected chi connectivity index (χ4v) is 3.56. The van der Waals surface area contributed by atoms with E-state index in [-0.39, 0.29) is 11.3 Å². The number of nitrogens with zero attached hydrogens (tertiary/aromatic N) is 1. The lowest BCUT2D eigenvalue weighted by atomic mass is 10.1. The van der Waals surface area contributed by atoms with Crippen molar-refractivity contribution in [1.29, 1.82) is 5.26 Å². The van der Waals surface area contributed by atoms with Crippen molar-refractivity contribution in [3.05, 3.63) is 83.4 Å². The second kappa shape index (κ2) is 8.93. The average molecular weight is 428 g/mol. The Balaban J connectivity index is 1.82. The molecular formula is C22H15F3N2O2S. The third-order valence-corrected chi connectivity index (χ3v) is 5.21. The van der Waals surface area contributed by atoms with Gasteiger partial charge in [-0.25, -0.2) is 0 Å². The van der Waals surface area contributed by atoms with E-state index in [1.54, 1.807) is 31.4 Å². The Hall–Kier alpha value is -3.44. The van der Waals surface area contributed by atoms with E-state index in [2.05, 4.69) is 11.4 Å². The molecule has 4 nitrogen and oxygen atoms in total. The molecule has 0 bridgehead atoms. The molecule has 3 aromatic rings. The van der Waals surface area contributed by atoms with Gasteiger partial charge in [-0.3, -0.25) is 4.79 Å². The van der Waals surface area contributed by atoms with Gasteiger partial charge in [0, 0.05) is 15.5 Å². The maximum Gasteiger partial charge on any atom is 0.417 e. The monoisotopic (exact) mass is 428 g/mol. The lowest BCUT2D eigenvalue weighted by Gasteiger charge is -2.13. The first kappa shape index (κ1) is 21.3. The number of anilines is 1. The van der Waals surface area contributed by atoms with Crippen LogP contribution in [-0.2, 0) is 6.18 Å². The van der Waals surface area contributed by atoms with Gasteiger partial charge in [-0.1, -0.05) is 23.9 Å². The summed E-state index contributed by atoms with van der Waals surface area (Å²) in [7, 11) is 1.57. The number of nitriles is 1. The molecule has 0 aliphatic carbocycles. The molecule has 0 aliphatic rings. The zero-order valence-corrected chi connectivity index (χ0v) is 16.5. The van der Waals surface area contributed by atoms with E-state index in [1.165, 1.54) is 30.0 Å². The summed E-state index contributed by atoms with van der Waals surface area (Å²) in [5.74, 6) is -0.195. The van der Waals surface area contributed by atoms with Crippen LogP contribution >= 0.6 is 11.8 Å².